The molecule has 2 atom stereocenters. The summed E-state index contributed by atoms with van der Waals surface area (Å²) in [5.74, 6) is -1.30. The van der Waals surface area contributed by atoms with Gasteiger partial charge < -0.3 is 25.1 Å². The Morgan fingerprint density at radius 2 is 1.61 bits per heavy atom. The SMILES string of the molecule is COc1cc(/C=C/c2cccc(-c3cccc(-c4nc5cc(CN6CCC(C(=O)O)C6)cc(C(N)=O)c5o4)c3C)c2C)c(C(F)(F)F)cc1CN1CCC(O)C1. The van der Waals surface area contributed by atoms with Crippen molar-refractivity contribution in [3.05, 3.63) is 105 Å². The van der Waals surface area contributed by atoms with Crippen LogP contribution >= 0.6 is 0 Å². The molecule has 4 aromatic carbocycles. The zero-order valence-corrected chi connectivity index (χ0v) is 31.3. The zero-order valence-electron chi connectivity index (χ0n) is 31.3. The first kappa shape index (κ1) is 38.8. The number of aromatic nitrogens is 1. The van der Waals surface area contributed by atoms with Crippen LogP contribution in [0.4, 0.5) is 13.2 Å². The number of alkyl halides is 3. The van der Waals surface area contributed by atoms with Gasteiger partial charge in [-0.3, -0.25) is 19.4 Å². The largest absolute Gasteiger partial charge is 0.496 e. The van der Waals surface area contributed by atoms with Gasteiger partial charge in [0.15, 0.2) is 5.58 Å². The Bertz CT molecular complexity index is 2350. The number of likely N-dealkylation sites (tertiary alicyclic amines) is 2. The number of carbonyl (C=O) groups is 2. The van der Waals surface area contributed by atoms with E-state index in [1.165, 1.54) is 19.3 Å². The van der Waals surface area contributed by atoms with Crippen molar-refractivity contribution in [2.75, 3.05) is 33.3 Å². The van der Waals surface area contributed by atoms with Crippen LogP contribution in [0.15, 0.2) is 65.1 Å². The van der Waals surface area contributed by atoms with E-state index in [9.17, 15) is 33.0 Å². The van der Waals surface area contributed by atoms with E-state index >= 15 is 0 Å². The summed E-state index contributed by atoms with van der Waals surface area (Å²) >= 11 is 0. The molecular formula is C43H43F3N4O6. The number of rotatable bonds is 11. The summed E-state index contributed by atoms with van der Waals surface area (Å²) < 4.78 is 55.1. The predicted octanol–water partition coefficient (Wildman–Crippen LogP) is 7.55. The van der Waals surface area contributed by atoms with Crippen LogP contribution in [0.1, 0.15) is 62.1 Å². The van der Waals surface area contributed by atoms with Crippen LogP contribution in [-0.4, -0.2) is 76.3 Å². The molecular weight excluding hydrogens is 725 g/mol. The molecule has 0 aliphatic carbocycles. The van der Waals surface area contributed by atoms with E-state index in [4.69, 9.17) is 19.9 Å². The summed E-state index contributed by atoms with van der Waals surface area (Å²) in [5.41, 5.74) is 11.9. The number of fused-ring (bicyclic) bond motifs is 1. The van der Waals surface area contributed by atoms with Crippen molar-refractivity contribution in [1.29, 1.82) is 0 Å². The van der Waals surface area contributed by atoms with Crippen molar-refractivity contribution in [3.8, 4) is 28.3 Å². The maximum absolute atomic E-state index is 14.4. The van der Waals surface area contributed by atoms with Gasteiger partial charge in [0.25, 0.3) is 5.91 Å². The second kappa shape index (κ2) is 15.6. The van der Waals surface area contributed by atoms with Crippen LogP contribution in [0, 0.1) is 19.8 Å². The summed E-state index contributed by atoms with van der Waals surface area (Å²) in [6.45, 7) is 6.54. The van der Waals surface area contributed by atoms with Gasteiger partial charge in [-0.15, -0.1) is 0 Å². The number of amides is 1. The van der Waals surface area contributed by atoms with E-state index in [-0.39, 0.29) is 29.1 Å². The van der Waals surface area contributed by atoms with Gasteiger partial charge in [-0.1, -0.05) is 42.5 Å². The summed E-state index contributed by atoms with van der Waals surface area (Å²) in [7, 11) is 1.44. The van der Waals surface area contributed by atoms with Gasteiger partial charge in [-0.25, -0.2) is 4.98 Å². The molecule has 2 saturated heterocycles. The number of halogens is 3. The van der Waals surface area contributed by atoms with E-state index in [1.807, 2.05) is 66.1 Å². The number of ether oxygens (including phenoxy) is 1. The van der Waals surface area contributed by atoms with E-state index in [1.54, 1.807) is 12.1 Å². The fourth-order valence-corrected chi connectivity index (χ4v) is 7.92. The second-order valence-corrected chi connectivity index (χ2v) is 14.7. The Labute approximate surface area is 322 Å². The number of hydrogen-bond acceptors (Lipinski definition) is 8. The molecule has 0 radical (unpaired) electrons. The first-order valence-corrected chi connectivity index (χ1v) is 18.4. The third kappa shape index (κ3) is 7.93. The molecule has 13 heteroatoms. The highest BCUT2D eigenvalue weighted by Crippen LogP contribution is 2.39. The van der Waals surface area contributed by atoms with Crippen molar-refractivity contribution in [3.63, 3.8) is 0 Å². The molecule has 5 aromatic rings. The summed E-state index contributed by atoms with van der Waals surface area (Å²) in [5, 5.41) is 19.3. The van der Waals surface area contributed by atoms with Gasteiger partial charge in [0.2, 0.25) is 5.89 Å². The first-order chi connectivity index (χ1) is 26.7. The molecule has 2 aliphatic heterocycles. The lowest BCUT2D eigenvalue weighted by molar-refractivity contribution is -0.141. The molecule has 0 spiro atoms. The normalized spacial score (nSPS) is 18.1. The molecule has 3 heterocycles. The number of nitrogens with zero attached hydrogens (tertiary/aromatic N) is 3. The second-order valence-electron chi connectivity index (χ2n) is 14.7. The highest BCUT2D eigenvalue weighted by Gasteiger charge is 2.35. The molecule has 10 nitrogen and oxygen atoms in total. The van der Waals surface area contributed by atoms with Gasteiger partial charge in [-0.2, -0.15) is 13.2 Å². The van der Waals surface area contributed by atoms with Gasteiger partial charge in [0, 0.05) is 43.9 Å². The third-order valence-electron chi connectivity index (χ3n) is 10.9. The lowest BCUT2D eigenvalue weighted by Crippen LogP contribution is -2.23. The van der Waals surface area contributed by atoms with Crippen LogP contribution in [0.25, 0.3) is 45.8 Å². The molecule has 2 aliphatic rings. The topological polar surface area (TPSA) is 142 Å². The molecule has 4 N–H and O–H groups in total. The van der Waals surface area contributed by atoms with E-state index in [0.717, 1.165) is 39.4 Å². The quantitative estimate of drug-likeness (QED) is 0.116. The maximum atomic E-state index is 14.4. The number of carboxylic acid groups (broad SMARTS) is 1. The van der Waals surface area contributed by atoms with Gasteiger partial charge in [0.1, 0.15) is 11.3 Å². The Morgan fingerprint density at radius 1 is 0.929 bits per heavy atom. The number of β-amino-alcohol motifs (C(OH)–C–C–N with tert-alkyl or cyclic N) is 1. The fraction of sp³-hybridized carbons (Fsp3) is 0.326. The van der Waals surface area contributed by atoms with Crippen LogP contribution in [0.5, 0.6) is 5.75 Å². The van der Waals surface area contributed by atoms with Crippen molar-refractivity contribution in [2.45, 2.75) is 52.1 Å². The fourth-order valence-electron chi connectivity index (χ4n) is 7.92. The summed E-state index contributed by atoms with van der Waals surface area (Å²) in [6.07, 6.45) is -0.841. The molecule has 0 saturated carbocycles. The minimum Gasteiger partial charge on any atom is -0.496 e. The Hall–Kier alpha value is -5.50. The average Bonchev–Trinajstić information content (AvgIpc) is 3.91. The molecule has 0 bridgehead atoms. The van der Waals surface area contributed by atoms with Crippen molar-refractivity contribution >= 4 is 35.1 Å². The van der Waals surface area contributed by atoms with E-state index in [2.05, 4.69) is 0 Å². The minimum atomic E-state index is -4.61. The number of primary amides is 1. The molecule has 292 valence electrons. The minimum absolute atomic E-state index is 0.0260. The number of carbonyl (C=O) groups excluding carboxylic acids is 1. The average molecular weight is 769 g/mol. The first-order valence-electron chi connectivity index (χ1n) is 18.4. The van der Waals surface area contributed by atoms with Crippen LogP contribution in [0.3, 0.4) is 0 Å². The number of aliphatic hydroxyl groups excluding tert-OH is 1. The molecule has 7 rings (SSSR count). The van der Waals surface area contributed by atoms with Crippen molar-refractivity contribution in [2.24, 2.45) is 11.7 Å². The lowest BCUT2D eigenvalue weighted by Gasteiger charge is -2.20. The molecule has 2 unspecified atom stereocenters. The van der Waals surface area contributed by atoms with Crippen molar-refractivity contribution in [1.82, 2.24) is 14.8 Å². The molecule has 1 aromatic heterocycles. The van der Waals surface area contributed by atoms with Gasteiger partial charge in [-0.05, 0) is 103 Å². The van der Waals surface area contributed by atoms with Gasteiger partial charge >= 0.3 is 12.1 Å². The number of methoxy groups -OCH3 is 1. The number of hydrogen-bond donors (Lipinski definition) is 3. The van der Waals surface area contributed by atoms with Crippen LogP contribution in [-0.2, 0) is 24.1 Å². The number of carboxylic acids is 1. The Kier molecular flexibility index (Phi) is 10.8. The van der Waals surface area contributed by atoms with Crippen LogP contribution in [0.2, 0.25) is 0 Å². The smallest absolute Gasteiger partial charge is 0.417 e. The van der Waals surface area contributed by atoms with Crippen molar-refractivity contribution < 1.29 is 42.1 Å². The molecule has 1 amide bonds. The predicted molar refractivity (Wildman–Crippen MR) is 207 cm³/mol. The van der Waals surface area contributed by atoms with Gasteiger partial charge in [0.05, 0.1) is 30.3 Å². The highest BCUT2D eigenvalue weighted by atomic mass is 19.4. The maximum Gasteiger partial charge on any atom is 0.417 e. The zero-order chi connectivity index (χ0) is 39.9. The van der Waals surface area contributed by atoms with E-state index in [0.29, 0.717) is 68.0 Å². The highest BCUT2D eigenvalue weighted by molar-refractivity contribution is 6.04. The number of aliphatic hydroxyl groups is 1. The number of nitrogens with two attached hydrogens (primary N) is 1. The third-order valence-corrected chi connectivity index (χ3v) is 10.9. The number of aliphatic carboxylic acids is 1. The lowest BCUT2D eigenvalue weighted by atomic mass is 9.91. The standard InChI is InChI=1S/C43H43F3N4O6/c1-24-27(10-11-28-19-38(55-3)30(18-36(28)43(44,45)46)22-50-15-13-31(51)23-50)6-4-7-32(24)33-8-5-9-34(25(33)2)41-48-37-17-26(16-35(40(47)52)39(37)56-41)20-49-14-12-29(21-49)42(53)54/h4-11,16-19,29,31,51H,12-15,20-23H2,1-3H3,(H2,47,52)(H,53,54)/b11-10+. The van der Waals surface area contributed by atoms with Crippen LogP contribution < -0.4 is 10.5 Å². The summed E-state index contributed by atoms with van der Waals surface area (Å²) in [6, 6.07) is 17.4. The summed E-state index contributed by atoms with van der Waals surface area (Å²) in [4.78, 5) is 32.7. The number of oxazole rings is 1. The Balaban J connectivity index is 1.20. The molecule has 56 heavy (non-hydrogen) atoms. The van der Waals surface area contributed by atoms with E-state index < -0.39 is 35.6 Å². The monoisotopic (exact) mass is 768 g/mol. The molecule has 2 fully saturated rings. The Morgan fingerprint density at radius 3 is 2.27 bits per heavy atom. The number of benzene rings is 4.